The van der Waals surface area contributed by atoms with Gasteiger partial charge in [0, 0.05) is 19.8 Å². The second-order valence-corrected chi connectivity index (χ2v) is 4.83. The van der Waals surface area contributed by atoms with Crippen LogP contribution in [0.25, 0.3) is 0 Å². The molecule has 0 radical (unpaired) electrons. The number of nitrogens with one attached hydrogen (secondary N) is 1. The van der Waals surface area contributed by atoms with Gasteiger partial charge in [0.15, 0.2) is 0 Å². The van der Waals surface area contributed by atoms with Gasteiger partial charge in [-0.3, -0.25) is 0 Å². The van der Waals surface area contributed by atoms with Crippen molar-refractivity contribution in [3.63, 3.8) is 0 Å². The van der Waals surface area contributed by atoms with Gasteiger partial charge in [-0.15, -0.1) is 0 Å². The van der Waals surface area contributed by atoms with E-state index < -0.39 is 0 Å². The summed E-state index contributed by atoms with van der Waals surface area (Å²) in [5.41, 5.74) is 2.00. The Hall–Kier alpha value is -1.61. The minimum absolute atomic E-state index is 0.658. The molecule has 0 bridgehead atoms. The van der Waals surface area contributed by atoms with E-state index in [-0.39, 0.29) is 0 Å². The third kappa shape index (κ3) is 2.99. The van der Waals surface area contributed by atoms with Crippen molar-refractivity contribution in [3.8, 4) is 0 Å². The van der Waals surface area contributed by atoms with Gasteiger partial charge in [-0.2, -0.15) is 0 Å². The van der Waals surface area contributed by atoms with Gasteiger partial charge in [0.2, 0.25) is 0 Å². The highest BCUT2D eigenvalue weighted by Gasteiger charge is 2.04. The van der Waals surface area contributed by atoms with Gasteiger partial charge >= 0.3 is 0 Å². The molecule has 18 heavy (non-hydrogen) atoms. The Morgan fingerprint density at radius 1 is 1.22 bits per heavy atom. The van der Waals surface area contributed by atoms with Gasteiger partial charge in [-0.05, 0) is 37.3 Å². The van der Waals surface area contributed by atoms with Gasteiger partial charge in [0.1, 0.15) is 11.5 Å². The smallest absolute Gasteiger partial charge is 0.123 e. The normalized spacial score (nSPS) is 10.4. The summed E-state index contributed by atoms with van der Waals surface area (Å²) in [7, 11) is 3.94. The fourth-order valence-corrected chi connectivity index (χ4v) is 2.10. The number of nitrogens with zero attached hydrogens (tertiary/aromatic N) is 1. The molecule has 2 aromatic rings. The van der Waals surface area contributed by atoms with E-state index in [1.165, 1.54) is 0 Å². The van der Waals surface area contributed by atoms with Crippen LogP contribution in [0.1, 0.15) is 11.5 Å². The number of rotatable bonds is 4. The largest absolute Gasteiger partial charge is 0.465 e. The Bertz CT molecular complexity index is 534. The Kier molecular flexibility index (Phi) is 3.82. The summed E-state index contributed by atoms with van der Waals surface area (Å²) in [6.45, 7) is 2.59. The molecule has 4 heteroatoms. The molecular weight excluding hydrogens is 248 g/mol. The second-order valence-electron chi connectivity index (χ2n) is 4.43. The Labute approximate surface area is 112 Å². The van der Waals surface area contributed by atoms with Crippen LogP contribution in [-0.4, -0.2) is 14.1 Å². The van der Waals surface area contributed by atoms with Crippen LogP contribution in [0.2, 0.25) is 5.02 Å². The highest BCUT2D eigenvalue weighted by Crippen LogP contribution is 2.27. The van der Waals surface area contributed by atoms with Crippen molar-refractivity contribution in [2.24, 2.45) is 0 Å². The molecule has 0 saturated carbocycles. The molecular formula is C14H17ClN2O. The molecule has 0 spiro atoms. The fourth-order valence-electron chi connectivity index (χ4n) is 1.75. The topological polar surface area (TPSA) is 28.4 Å². The van der Waals surface area contributed by atoms with Crippen molar-refractivity contribution in [1.82, 2.24) is 0 Å². The van der Waals surface area contributed by atoms with E-state index in [4.69, 9.17) is 16.0 Å². The molecule has 0 unspecified atom stereocenters. The summed E-state index contributed by atoms with van der Waals surface area (Å²) in [5, 5.41) is 4.02. The lowest BCUT2D eigenvalue weighted by Gasteiger charge is -2.15. The molecule has 0 saturated heterocycles. The molecule has 1 aromatic carbocycles. The van der Waals surface area contributed by atoms with E-state index in [1.54, 1.807) is 0 Å². The first kappa shape index (κ1) is 12.8. The van der Waals surface area contributed by atoms with Crippen molar-refractivity contribution in [2.75, 3.05) is 24.3 Å². The fraction of sp³-hybridized carbons (Fsp3) is 0.286. The van der Waals surface area contributed by atoms with Crippen LogP contribution in [0.4, 0.5) is 11.4 Å². The van der Waals surface area contributed by atoms with Crippen molar-refractivity contribution < 1.29 is 4.42 Å². The van der Waals surface area contributed by atoms with Gasteiger partial charge in [0.05, 0.1) is 17.3 Å². The van der Waals surface area contributed by atoms with Gasteiger partial charge in [-0.25, -0.2) is 0 Å². The molecule has 1 aromatic heterocycles. The van der Waals surface area contributed by atoms with E-state index in [0.717, 1.165) is 27.9 Å². The third-order valence-corrected chi connectivity index (χ3v) is 2.99. The van der Waals surface area contributed by atoms with Crippen LogP contribution >= 0.6 is 11.6 Å². The van der Waals surface area contributed by atoms with Crippen molar-refractivity contribution in [2.45, 2.75) is 13.5 Å². The first-order valence-electron chi connectivity index (χ1n) is 5.82. The zero-order valence-corrected chi connectivity index (χ0v) is 11.6. The number of furan rings is 1. The highest BCUT2D eigenvalue weighted by atomic mass is 35.5. The SMILES string of the molecule is Cc1ccc(CNc2ccc(N(C)C)c(Cl)c2)o1. The van der Waals surface area contributed by atoms with Crippen LogP contribution in [0, 0.1) is 6.92 Å². The number of benzene rings is 1. The van der Waals surface area contributed by atoms with Crippen LogP contribution in [0.5, 0.6) is 0 Å². The Balaban J connectivity index is 2.04. The second kappa shape index (κ2) is 5.36. The molecule has 0 aliphatic rings. The van der Waals surface area contributed by atoms with Gasteiger partial charge < -0.3 is 14.6 Å². The molecule has 0 fully saturated rings. The van der Waals surface area contributed by atoms with Crippen LogP contribution in [0.15, 0.2) is 34.7 Å². The molecule has 3 nitrogen and oxygen atoms in total. The number of hydrogen-bond donors (Lipinski definition) is 1. The van der Waals surface area contributed by atoms with Crippen molar-refractivity contribution in [1.29, 1.82) is 0 Å². The van der Waals surface area contributed by atoms with Crippen molar-refractivity contribution >= 4 is 23.0 Å². The van der Waals surface area contributed by atoms with E-state index in [0.29, 0.717) is 6.54 Å². The van der Waals surface area contributed by atoms with E-state index in [9.17, 15) is 0 Å². The number of hydrogen-bond acceptors (Lipinski definition) is 3. The summed E-state index contributed by atoms with van der Waals surface area (Å²) in [4.78, 5) is 1.99. The maximum absolute atomic E-state index is 6.21. The quantitative estimate of drug-likeness (QED) is 0.907. The molecule has 1 N–H and O–H groups in total. The Morgan fingerprint density at radius 3 is 2.56 bits per heavy atom. The lowest BCUT2D eigenvalue weighted by atomic mass is 10.2. The third-order valence-electron chi connectivity index (χ3n) is 2.69. The number of aryl methyl sites for hydroxylation is 1. The maximum atomic E-state index is 6.21. The summed E-state index contributed by atoms with van der Waals surface area (Å²) in [5.74, 6) is 1.84. The first-order valence-corrected chi connectivity index (χ1v) is 6.20. The first-order chi connectivity index (χ1) is 8.56. The monoisotopic (exact) mass is 264 g/mol. The minimum atomic E-state index is 0.658. The zero-order chi connectivity index (χ0) is 13.1. The average molecular weight is 265 g/mol. The van der Waals surface area contributed by atoms with Crippen LogP contribution < -0.4 is 10.2 Å². The van der Waals surface area contributed by atoms with Gasteiger partial charge in [0.25, 0.3) is 0 Å². The summed E-state index contributed by atoms with van der Waals surface area (Å²) in [6.07, 6.45) is 0. The van der Waals surface area contributed by atoms with E-state index >= 15 is 0 Å². The molecule has 1 heterocycles. The number of halogens is 1. The molecule has 0 aliphatic heterocycles. The summed E-state index contributed by atoms with van der Waals surface area (Å²) >= 11 is 6.21. The van der Waals surface area contributed by atoms with E-state index in [1.807, 2.05) is 56.3 Å². The Morgan fingerprint density at radius 2 is 2.00 bits per heavy atom. The lowest BCUT2D eigenvalue weighted by molar-refractivity contribution is 0.490. The minimum Gasteiger partial charge on any atom is -0.465 e. The van der Waals surface area contributed by atoms with E-state index in [2.05, 4.69) is 5.32 Å². The van der Waals surface area contributed by atoms with Crippen LogP contribution in [0.3, 0.4) is 0 Å². The standard InChI is InChI=1S/C14H17ClN2O/c1-10-4-6-12(18-10)9-16-11-5-7-14(17(2)3)13(15)8-11/h4-8,16H,9H2,1-3H3. The zero-order valence-electron chi connectivity index (χ0n) is 10.8. The predicted octanol–water partition coefficient (Wildman–Crippen LogP) is 3.92. The molecule has 0 atom stereocenters. The average Bonchev–Trinajstić information content (AvgIpc) is 2.72. The molecule has 96 valence electrons. The summed E-state index contributed by atoms with van der Waals surface area (Å²) < 4.78 is 5.49. The maximum Gasteiger partial charge on any atom is 0.123 e. The molecule has 0 aliphatic carbocycles. The van der Waals surface area contributed by atoms with Gasteiger partial charge in [-0.1, -0.05) is 11.6 Å². The predicted molar refractivity (Wildman–Crippen MR) is 76.6 cm³/mol. The molecule has 0 amide bonds. The lowest BCUT2D eigenvalue weighted by Crippen LogP contribution is -2.09. The van der Waals surface area contributed by atoms with Crippen molar-refractivity contribution in [3.05, 3.63) is 46.9 Å². The highest BCUT2D eigenvalue weighted by molar-refractivity contribution is 6.33. The number of anilines is 2. The van der Waals surface area contributed by atoms with Crippen LogP contribution in [-0.2, 0) is 6.54 Å². The molecule has 2 rings (SSSR count). The summed E-state index contributed by atoms with van der Waals surface area (Å²) in [6, 6.07) is 9.86.